The first-order valence-corrected chi connectivity index (χ1v) is 9.35. The Labute approximate surface area is 167 Å². The number of rotatable bonds is 3. The summed E-state index contributed by atoms with van der Waals surface area (Å²) >= 11 is 0. The number of nitriles is 1. The summed E-state index contributed by atoms with van der Waals surface area (Å²) in [6.45, 7) is 1.70. The van der Waals surface area contributed by atoms with Crippen molar-refractivity contribution in [3.8, 4) is 23.1 Å². The highest BCUT2D eigenvalue weighted by Crippen LogP contribution is 2.37. The van der Waals surface area contributed by atoms with E-state index >= 15 is 0 Å². The summed E-state index contributed by atoms with van der Waals surface area (Å²) in [7, 11) is 0. The topological polar surface area (TPSA) is 71.0 Å². The second-order valence-corrected chi connectivity index (χ2v) is 7.08. The normalized spacial score (nSPS) is 11.6. The maximum absolute atomic E-state index is 13.0. The Morgan fingerprint density at radius 1 is 1.07 bits per heavy atom. The first-order chi connectivity index (χ1) is 14.2. The van der Waals surface area contributed by atoms with Crippen molar-refractivity contribution in [1.82, 2.24) is 4.57 Å². The fourth-order valence-electron chi connectivity index (χ4n) is 3.98. The molecule has 0 radical (unpaired) electrons. The minimum atomic E-state index is -0.350. The standard InChI is InChI=1S/C24H17N3O2/c1-15-22(21(14-25)24(29-15)27-10-4-5-11-27)23(28)26-18-8-9-20-17(13-18)12-16-6-2-3-7-19(16)20/h2-11,13H,12H2,1H3,(H,26,28). The Kier molecular flexibility index (Phi) is 3.85. The van der Waals surface area contributed by atoms with E-state index in [-0.39, 0.29) is 17.0 Å². The summed E-state index contributed by atoms with van der Waals surface area (Å²) < 4.78 is 7.43. The van der Waals surface area contributed by atoms with Crippen molar-refractivity contribution in [2.24, 2.45) is 0 Å². The number of carbonyl (C=O) groups is 1. The van der Waals surface area contributed by atoms with Gasteiger partial charge in [0, 0.05) is 18.1 Å². The largest absolute Gasteiger partial charge is 0.443 e. The number of nitrogens with zero attached hydrogens (tertiary/aromatic N) is 2. The Morgan fingerprint density at radius 3 is 2.62 bits per heavy atom. The predicted molar refractivity (Wildman–Crippen MR) is 110 cm³/mol. The van der Waals surface area contributed by atoms with Crippen molar-refractivity contribution in [3.05, 3.63) is 95.0 Å². The highest BCUT2D eigenvalue weighted by atomic mass is 16.4. The van der Waals surface area contributed by atoms with Gasteiger partial charge in [-0.05, 0) is 59.9 Å². The molecule has 29 heavy (non-hydrogen) atoms. The van der Waals surface area contributed by atoms with Crippen LogP contribution in [0.1, 0.15) is 32.8 Å². The number of anilines is 1. The molecule has 0 aliphatic heterocycles. The van der Waals surface area contributed by atoms with Gasteiger partial charge in [-0.25, -0.2) is 0 Å². The minimum absolute atomic E-state index is 0.227. The number of fused-ring (bicyclic) bond motifs is 3. The molecule has 0 saturated carbocycles. The summed E-state index contributed by atoms with van der Waals surface area (Å²) in [5.74, 6) is 0.414. The van der Waals surface area contributed by atoms with E-state index in [1.807, 2.05) is 42.5 Å². The molecule has 1 aliphatic carbocycles. The molecule has 5 heteroatoms. The average Bonchev–Trinajstić information content (AvgIpc) is 3.44. The van der Waals surface area contributed by atoms with Gasteiger partial charge in [-0.2, -0.15) is 5.26 Å². The van der Waals surface area contributed by atoms with Crippen LogP contribution in [0.4, 0.5) is 5.69 Å². The number of nitrogens with one attached hydrogen (secondary N) is 1. The number of furan rings is 1. The first-order valence-electron chi connectivity index (χ1n) is 9.35. The third-order valence-electron chi connectivity index (χ3n) is 5.30. The fraction of sp³-hybridized carbons (Fsp3) is 0.0833. The molecule has 0 spiro atoms. The van der Waals surface area contributed by atoms with Crippen LogP contribution >= 0.6 is 0 Å². The molecule has 1 aliphatic rings. The molecule has 2 heterocycles. The highest BCUT2D eigenvalue weighted by molar-refractivity contribution is 6.07. The number of benzene rings is 2. The number of hydrogen-bond donors (Lipinski definition) is 1. The van der Waals surface area contributed by atoms with E-state index in [2.05, 4.69) is 23.5 Å². The lowest BCUT2D eigenvalue weighted by molar-refractivity contribution is 0.102. The first kappa shape index (κ1) is 17.1. The van der Waals surface area contributed by atoms with E-state index in [4.69, 9.17) is 4.42 Å². The van der Waals surface area contributed by atoms with Crippen molar-refractivity contribution in [3.63, 3.8) is 0 Å². The molecule has 2 aromatic carbocycles. The smallest absolute Gasteiger partial charge is 0.260 e. The van der Waals surface area contributed by atoms with Crippen molar-refractivity contribution < 1.29 is 9.21 Å². The molecule has 140 valence electrons. The monoisotopic (exact) mass is 379 g/mol. The molecule has 0 fully saturated rings. The lowest BCUT2D eigenvalue weighted by atomic mass is 10.1. The maximum atomic E-state index is 13.0. The zero-order valence-corrected chi connectivity index (χ0v) is 15.8. The van der Waals surface area contributed by atoms with Gasteiger partial charge in [0.05, 0.1) is 0 Å². The number of amides is 1. The van der Waals surface area contributed by atoms with Gasteiger partial charge < -0.3 is 9.73 Å². The number of aryl methyl sites for hydroxylation is 1. The maximum Gasteiger partial charge on any atom is 0.260 e. The molecule has 0 atom stereocenters. The van der Waals surface area contributed by atoms with Crippen LogP contribution in [-0.2, 0) is 6.42 Å². The van der Waals surface area contributed by atoms with Gasteiger partial charge in [-0.1, -0.05) is 30.3 Å². The van der Waals surface area contributed by atoms with Gasteiger partial charge in [0.15, 0.2) is 0 Å². The summed E-state index contributed by atoms with van der Waals surface area (Å²) in [4.78, 5) is 13.0. The highest BCUT2D eigenvalue weighted by Gasteiger charge is 2.25. The molecule has 5 rings (SSSR count). The van der Waals surface area contributed by atoms with Crippen LogP contribution in [-0.4, -0.2) is 10.5 Å². The molecule has 0 saturated heterocycles. The molecule has 4 aromatic rings. The van der Waals surface area contributed by atoms with E-state index in [9.17, 15) is 10.1 Å². The molecule has 1 amide bonds. The molecular weight excluding hydrogens is 362 g/mol. The van der Waals surface area contributed by atoms with Crippen LogP contribution in [0, 0.1) is 18.3 Å². The molecule has 5 nitrogen and oxygen atoms in total. The van der Waals surface area contributed by atoms with E-state index in [1.165, 1.54) is 22.3 Å². The summed E-state index contributed by atoms with van der Waals surface area (Å²) in [6, 6.07) is 20.1. The molecule has 1 N–H and O–H groups in total. The van der Waals surface area contributed by atoms with Gasteiger partial charge in [-0.15, -0.1) is 0 Å². The van der Waals surface area contributed by atoms with Crippen LogP contribution < -0.4 is 5.32 Å². The lowest BCUT2D eigenvalue weighted by Gasteiger charge is -2.08. The predicted octanol–water partition coefficient (Wildman–Crippen LogP) is 5.07. The van der Waals surface area contributed by atoms with Gasteiger partial charge in [-0.3, -0.25) is 9.36 Å². The van der Waals surface area contributed by atoms with E-state index in [1.54, 1.807) is 23.9 Å². The van der Waals surface area contributed by atoms with E-state index < -0.39 is 0 Å². The van der Waals surface area contributed by atoms with Crippen molar-refractivity contribution in [2.75, 3.05) is 5.32 Å². The summed E-state index contributed by atoms with van der Waals surface area (Å²) in [5, 5.41) is 12.6. The van der Waals surface area contributed by atoms with Crippen LogP contribution in [0.15, 0.2) is 71.4 Å². The van der Waals surface area contributed by atoms with Crippen molar-refractivity contribution in [1.29, 1.82) is 5.26 Å². The van der Waals surface area contributed by atoms with Gasteiger partial charge in [0.25, 0.3) is 5.91 Å². The van der Waals surface area contributed by atoms with Crippen molar-refractivity contribution >= 4 is 11.6 Å². The number of hydrogen-bond acceptors (Lipinski definition) is 3. The summed E-state index contributed by atoms with van der Waals surface area (Å²) in [5.41, 5.74) is 6.11. The zero-order chi connectivity index (χ0) is 20.0. The third-order valence-corrected chi connectivity index (χ3v) is 5.30. The Morgan fingerprint density at radius 2 is 1.83 bits per heavy atom. The SMILES string of the molecule is Cc1oc(-n2cccc2)c(C#N)c1C(=O)Nc1ccc2c(c1)Cc1ccccc1-2. The van der Waals surface area contributed by atoms with Crippen LogP contribution in [0.25, 0.3) is 17.0 Å². The number of carbonyl (C=O) groups excluding carboxylic acids is 1. The Bertz CT molecular complexity index is 1290. The second kappa shape index (κ2) is 6.54. The van der Waals surface area contributed by atoms with Gasteiger partial charge in [0.2, 0.25) is 5.88 Å². The van der Waals surface area contributed by atoms with Crippen LogP contribution in [0.5, 0.6) is 0 Å². The fourth-order valence-corrected chi connectivity index (χ4v) is 3.98. The summed E-state index contributed by atoms with van der Waals surface area (Å²) in [6.07, 6.45) is 4.40. The molecule has 0 bridgehead atoms. The van der Waals surface area contributed by atoms with Crippen molar-refractivity contribution in [2.45, 2.75) is 13.3 Å². The molecular formula is C24H17N3O2. The Hall–Kier alpha value is -4.04. The van der Waals surface area contributed by atoms with Gasteiger partial charge >= 0.3 is 0 Å². The van der Waals surface area contributed by atoms with Crippen LogP contribution in [0.2, 0.25) is 0 Å². The zero-order valence-electron chi connectivity index (χ0n) is 15.8. The molecule has 2 aromatic heterocycles. The third kappa shape index (κ3) is 2.74. The van der Waals surface area contributed by atoms with Gasteiger partial charge in [0.1, 0.15) is 23.0 Å². The van der Waals surface area contributed by atoms with E-state index in [0.717, 1.165) is 6.42 Å². The Balaban J connectivity index is 1.47. The minimum Gasteiger partial charge on any atom is -0.443 e. The molecule has 0 unspecified atom stereocenters. The van der Waals surface area contributed by atoms with Crippen LogP contribution in [0.3, 0.4) is 0 Å². The quantitative estimate of drug-likeness (QED) is 0.475. The second-order valence-electron chi connectivity index (χ2n) is 7.08. The average molecular weight is 379 g/mol. The number of aromatic nitrogens is 1. The van der Waals surface area contributed by atoms with E-state index in [0.29, 0.717) is 17.3 Å². The lowest BCUT2D eigenvalue weighted by Crippen LogP contribution is -2.14.